The minimum absolute atomic E-state index is 0.156. The van der Waals surface area contributed by atoms with E-state index in [1.54, 1.807) is 43.3 Å². The number of carbonyl (C=O) groups excluding carboxylic acids is 1. The molecule has 1 aliphatic rings. The second-order valence-electron chi connectivity index (χ2n) is 8.69. The summed E-state index contributed by atoms with van der Waals surface area (Å²) >= 11 is 0. The molecule has 0 fully saturated rings. The van der Waals surface area contributed by atoms with Gasteiger partial charge in [0, 0.05) is 0 Å². The van der Waals surface area contributed by atoms with Crippen LogP contribution in [0.2, 0.25) is 0 Å². The highest BCUT2D eigenvalue weighted by atomic mass is 32.2. The molecule has 0 spiro atoms. The summed E-state index contributed by atoms with van der Waals surface area (Å²) in [4.78, 5) is 13.2. The third-order valence-electron chi connectivity index (χ3n) is 6.02. The van der Waals surface area contributed by atoms with Crippen LogP contribution in [0.4, 0.5) is 0 Å². The summed E-state index contributed by atoms with van der Waals surface area (Å²) in [6.45, 7) is 7.77. The standard InChI is InChI=1S/C29H29NO4S/c1-5-34-29(31)26-18-19-27(23-12-6-20(2)7-13-23)30(28(26)24-14-8-21(3)9-15-24)35(32,33)25-16-10-22(4)11-17-25/h6-19,28H,5H2,1-4H3. The molecule has 180 valence electrons. The lowest BCUT2D eigenvalue weighted by atomic mass is 9.93. The maximum absolute atomic E-state index is 14.2. The lowest BCUT2D eigenvalue weighted by Gasteiger charge is -2.38. The molecule has 1 aliphatic heterocycles. The zero-order valence-corrected chi connectivity index (χ0v) is 21.2. The van der Waals surface area contributed by atoms with Gasteiger partial charge in [0.15, 0.2) is 0 Å². The van der Waals surface area contributed by atoms with Crippen molar-refractivity contribution in [1.82, 2.24) is 4.31 Å². The fraction of sp³-hybridized carbons (Fsp3) is 0.207. The first-order valence-electron chi connectivity index (χ1n) is 11.6. The molecule has 5 nitrogen and oxygen atoms in total. The number of sulfonamides is 1. The molecule has 1 unspecified atom stereocenters. The van der Waals surface area contributed by atoms with Gasteiger partial charge in [-0.15, -0.1) is 0 Å². The Morgan fingerprint density at radius 1 is 0.800 bits per heavy atom. The van der Waals surface area contributed by atoms with Crippen LogP contribution in [0.25, 0.3) is 5.70 Å². The number of carbonyl (C=O) groups is 1. The van der Waals surface area contributed by atoms with Crippen molar-refractivity contribution in [3.8, 4) is 0 Å². The van der Waals surface area contributed by atoms with E-state index in [1.807, 2.05) is 69.3 Å². The highest BCUT2D eigenvalue weighted by molar-refractivity contribution is 7.89. The van der Waals surface area contributed by atoms with Gasteiger partial charge in [-0.1, -0.05) is 77.4 Å². The van der Waals surface area contributed by atoms with Gasteiger partial charge >= 0.3 is 5.97 Å². The van der Waals surface area contributed by atoms with Gasteiger partial charge in [-0.2, -0.15) is 0 Å². The molecule has 0 bridgehead atoms. The largest absolute Gasteiger partial charge is 0.463 e. The van der Waals surface area contributed by atoms with Gasteiger partial charge in [-0.05, 0) is 63.1 Å². The van der Waals surface area contributed by atoms with Crippen molar-refractivity contribution in [3.05, 3.63) is 118 Å². The molecule has 3 aromatic rings. The monoisotopic (exact) mass is 487 g/mol. The highest BCUT2D eigenvalue weighted by Crippen LogP contribution is 2.43. The first-order chi connectivity index (χ1) is 16.7. The van der Waals surface area contributed by atoms with Crippen molar-refractivity contribution in [2.24, 2.45) is 0 Å². The molecule has 0 N–H and O–H groups in total. The summed E-state index contributed by atoms with van der Waals surface area (Å²) in [5, 5.41) is 0. The van der Waals surface area contributed by atoms with Crippen LogP contribution in [0.15, 0.2) is 95.4 Å². The maximum Gasteiger partial charge on any atom is 0.336 e. The van der Waals surface area contributed by atoms with E-state index in [1.165, 1.54) is 4.31 Å². The Morgan fingerprint density at radius 2 is 1.31 bits per heavy atom. The number of hydrogen-bond donors (Lipinski definition) is 0. The SMILES string of the molecule is CCOC(=O)C1=CC=C(c2ccc(C)cc2)N(S(=O)(=O)c2ccc(C)cc2)C1c1ccc(C)cc1. The molecule has 4 rings (SSSR count). The Labute approximate surface area is 207 Å². The lowest BCUT2D eigenvalue weighted by molar-refractivity contribution is -0.139. The van der Waals surface area contributed by atoms with Crippen molar-refractivity contribution < 1.29 is 17.9 Å². The van der Waals surface area contributed by atoms with Gasteiger partial charge in [0.1, 0.15) is 6.04 Å². The molecule has 0 saturated heterocycles. The molecule has 1 atom stereocenters. The molecule has 0 aliphatic carbocycles. The number of nitrogens with zero attached hydrogens (tertiary/aromatic N) is 1. The molecule has 1 heterocycles. The van der Waals surface area contributed by atoms with Crippen LogP contribution in [0.3, 0.4) is 0 Å². The first kappa shape index (κ1) is 24.5. The fourth-order valence-corrected chi connectivity index (χ4v) is 5.74. The number of rotatable bonds is 6. The Bertz CT molecular complexity index is 1380. The second kappa shape index (κ2) is 9.92. The van der Waals surface area contributed by atoms with E-state index in [0.717, 1.165) is 22.3 Å². The van der Waals surface area contributed by atoms with Crippen LogP contribution in [-0.2, 0) is 19.6 Å². The summed E-state index contributed by atoms with van der Waals surface area (Å²) in [7, 11) is -4.06. The van der Waals surface area contributed by atoms with Crippen LogP contribution < -0.4 is 0 Å². The number of allylic oxidation sites excluding steroid dienone is 2. The smallest absolute Gasteiger partial charge is 0.336 e. The summed E-state index contributed by atoms with van der Waals surface area (Å²) < 4.78 is 35.2. The minimum Gasteiger partial charge on any atom is -0.463 e. The second-order valence-corrected chi connectivity index (χ2v) is 10.5. The predicted octanol–water partition coefficient (Wildman–Crippen LogP) is 5.89. The molecule has 0 aromatic heterocycles. The molecule has 3 aromatic carbocycles. The molecule has 35 heavy (non-hydrogen) atoms. The van der Waals surface area contributed by atoms with E-state index in [0.29, 0.717) is 11.3 Å². The zero-order valence-electron chi connectivity index (χ0n) is 20.4. The van der Waals surface area contributed by atoms with Crippen LogP contribution in [0, 0.1) is 20.8 Å². The van der Waals surface area contributed by atoms with Crippen LogP contribution in [0.1, 0.15) is 40.8 Å². The van der Waals surface area contributed by atoms with E-state index in [9.17, 15) is 13.2 Å². The predicted molar refractivity (Wildman–Crippen MR) is 138 cm³/mol. The van der Waals surface area contributed by atoms with Crippen molar-refractivity contribution in [1.29, 1.82) is 0 Å². The number of ether oxygens (including phenoxy) is 1. The Morgan fingerprint density at radius 3 is 1.86 bits per heavy atom. The van der Waals surface area contributed by atoms with Crippen molar-refractivity contribution in [2.75, 3.05) is 6.61 Å². The first-order valence-corrected chi connectivity index (χ1v) is 13.0. The minimum atomic E-state index is -4.06. The third kappa shape index (κ3) is 4.93. The normalized spacial score (nSPS) is 15.9. The highest BCUT2D eigenvalue weighted by Gasteiger charge is 2.41. The molecular weight excluding hydrogens is 458 g/mol. The van der Waals surface area contributed by atoms with Crippen molar-refractivity contribution >= 4 is 21.7 Å². The summed E-state index contributed by atoms with van der Waals surface area (Å²) in [6.07, 6.45) is 3.37. The Kier molecular flexibility index (Phi) is 6.94. The number of benzene rings is 3. The molecule has 0 saturated carbocycles. The summed E-state index contributed by atoms with van der Waals surface area (Å²) in [5.41, 5.74) is 5.24. The molecular formula is C29H29NO4S. The van der Waals surface area contributed by atoms with Gasteiger partial charge < -0.3 is 4.74 Å². The Hall–Kier alpha value is -3.64. The average Bonchev–Trinajstić information content (AvgIpc) is 2.84. The lowest BCUT2D eigenvalue weighted by Crippen LogP contribution is -2.38. The third-order valence-corrected chi connectivity index (χ3v) is 7.81. The van der Waals surface area contributed by atoms with E-state index in [2.05, 4.69) is 0 Å². The van der Waals surface area contributed by atoms with Crippen molar-refractivity contribution in [3.63, 3.8) is 0 Å². The van der Waals surface area contributed by atoms with Gasteiger partial charge in [-0.3, -0.25) is 4.31 Å². The van der Waals surface area contributed by atoms with Gasteiger partial charge in [0.2, 0.25) is 0 Å². The average molecular weight is 488 g/mol. The van der Waals surface area contributed by atoms with Crippen LogP contribution in [0.5, 0.6) is 0 Å². The maximum atomic E-state index is 14.2. The zero-order chi connectivity index (χ0) is 25.2. The van der Waals surface area contributed by atoms with Gasteiger partial charge in [-0.25, -0.2) is 13.2 Å². The number of hydrogen-bond acceptors (Lipinski definition) is 4. The molecule has 0 radical (unpaired) electrons. The Balaban J connectivity index is 1.98. The van der Waals surface area contributed by atoms with Crippen LogP contribution >= 0.6 is 0 Å². The molecule has 6 heteroatoms. The topological polar surface area (TPSA) is 63.7 Å². The fourth-order valence-electron chi connectivity index (χ4n) is 4.10. The molecule has 0 amide bonds. The van der Waals surface area contributed by atoms with Crippen molar-refractivity contribution in [2.45, 2.75) is 38.6 Å². The quantitative estimate of drug-likeness (QED) is 0.407. The van der Waals surface area contributed by atoms with Gasteiger partial charge in [0.25, 0.3) is 10.0 Å². The van der Waals surface area contributed by atoms with E-state index >= 15 is 0 Å². The number of esters is 1. The van der Waals surface area contributed by atoms with E-state index in [-0.39, 0.29) is 17.1 Å². The van der Waals surface area contributed by atoms with E-state index in [4.69, 9.17) is 4.74 Å². The number of aryl methyl sites for hydroxylation is 3. The van der Waals surface area contributed by atoms with Gasteiger partial charge in [0.05, 0.1) is 22.8 Å². The van der Waals surface area contributed by atoms with E-state index < -0.39 is 22.0 Å². The van der Waals surface area contributed by atoms with Crippen LogP contribution in [-0.4, -0.2) is 25.3 Å². The summed E-state index contributed by atoms with van der Waals surface area (Å²) in [5.74, 6) is -0.540. The summed E-state index contributed by atoms with van der Waals surface area (Å²) in [6, 6.07) is 21.1.